The summed E-state index contributed by atoms with van der Waals surface area (Å²) in [5, 5.41) is 28.4. The van der Waals surface area contributed by atoms with Gasteiger partial charge in [-0.1, -0.05) is 35.5 Å². The van der Waals surface area contributed by atoms with Gasteiger partial charge < -0.3 is 20.3 Å². The molecule has 4 rings (SSSR count). The van der Waals surface area contributed by atoms with E-state index < -0.39 is 11.9 Å². The number of carbonyl (C=O) groups is 3. The van der Waals surface area contributed by atoms with Crippen LogP contribution in [0.15, 0.2) is 65.8 Å². The zero-order valence-corrected chi connectivity index (χ0v) is 19.6. The van der Waals surface area contributed by atoms with Crippen LogP contribution in [0.3, 0.4) is 0 Å². The first-order chi connectivity index (χ1) is 17.3. The Kier molecular flexibility index (Phi) is 9.29. The Hall–Kier alpha value is -4.05. The molecule has 0 atom stereocenters. The molecule has 0 spiro atoms. The van der Waals surface area contributed by atoms with Crippen molar-refractivity contribution in [1.82, 2.24) is 9.80 Å². The maximum atomic E-state index is 13.1. The van der Waals surface area contributed by atoms with Gasteiger partial charge in [0.15, 0.2) is 0 Å². The molecule has 10 heteroatoms. The van der Waals surface area contributed by atoms with Crippen molar-refractivity contribution < 1.29 is 34.2 Å². The number of amides is 1. The fourth-order valence-electron chi connectivity index (χ4n) is 4.28. The van der Waals surface area contributed by atoms with Crippen molar-refractivity contribution in [3.05, 3.63) is 83.2 Å². The Morgan fingerprint density at radius 3 is 2.17 bits per heavy atom. The maximum absolute atomic E-state index is 13.1. The molecule has 2 aliphatic rings. The predicted octanol–water partition coefficient (Wildman–Crippen LogP) is 3.08. The van der Waals surface area contributed by atoms with Gasteiger partial charge in [-0.25, -0.2) is 14.0 Å². The zero-order chi connectivity index (χ0) is 26.1. The van der Waals surface area contributed by atoms with E-state index in [0.717, 1.165) is 49.2 Å². The second-order valence-corrected chi connectivity index (χ2v) is 8.63. The molecule has 0 saturated carbocycles. The number of halogens is 1. The van der Waals surface area contributed by atoms with Crippen LogP contribution in [-0.4, -0.2) is 75.0 Å². The first kappa shape index (κ1) is 26.6. The summed E-state index contributed by atoms with van der Waals surface area (Å²) in [7, 11) is 0. The molecule has 2 aromatic rings. The Morgan fingerprint density at radius 2 is 1.61 bits per heavy atom. The van der Waals surface area contributed by atoms with E-state index in [4.69, 9.17) is 10.2 Å². The highest BCUT2D eigenvalue weighted by Gasteiger charge is 2.30. The smallest absolute Gasteiger partial charge is 0.328 e. The molecule has 2 aliphatic heterocycles. The highest BCUT2D eigenvalue weighted by atomic mass is 19.1. The van der Waals surface area contributed by atoms with Crippen molar-refractivity contribution in [3.8, 4) is 0 Å². The third-order valence-corrected chi connectivity index (χ3v) is 6.12. The molecule has 1 amide bonds. The molecule has 0 aromatic heterocycles. The number of oxime groups is 1. The molecular formula is C26H28FN3O6. The summed E-state index contributed by atoms with van der Waals surface area (Å²) in [6.07, 6.45) is 3.12. The summed E-state index contributed by atoms with van der Waals surface area (Å²) in [5.74, 6) is -2.20. The number of nitrogens with zero attached hydrogens (tertiary/aromatic N) is 3. The third kappa shape index (κ3) is 7.47. The van der Waals surface area contributed by atoms with Crippen LogP contribution >= 0.6 is 0 Å². The number of piperidine rings is 1. The van der Waals surface area contributed by atoms with Crippen LogP contribution in [0.2, 0.25) is 0 Å². The van der Waals surface area contributed by atoms with Gasteiger partial charge in [0.25, 0.3) is 5.91 Å². The van der Waals surface area contributed by atoms with E-state index in [1.165, 1.54) is 12.1 Å². The molecule has 9 nitrogen and oxygen atoms in total. The first-order valence-corrected chi connectivity index (χ1v) is 11.5. The molecule has 190 valence electrons. The largest absolute Gasteiger partial charge is 0.478 e. The Bertz CT molecular complexity index is 1120. The topological polar surface area (TPSA) is 131 Å². The molecule has 1 saturated heterocycles. The predicted molar refractivity (Wildman–Crippen MR) is 129 cm³/mol. The van der Waals surface area contributed by atoms with Crippen LogP contribution in [0.4, 0.5) is 4.39 Å². The molecule has 0 bridgehead atoms. The normalized spacial score (nSPS) is 16.5. The van der Waals surface area contributed by atoms with Crippen LogP contribution in [0, 0.1) is 11.7 Å². The van der Waals surface area contributed by atoms with Crippen molar-refractivity contribution in [2.45, 2.75) is 19.4 Å². The first-order valence-electron chi connectivity index (χ1n) is 11.5. The van der Waals surface area contributed by atoms with Gasteiger partial charge >= 0.3 is 11.9 Å². The van der Waals surface area contributed by atoms with Gasteiger partial charge in [-0.05, 0) is 55.6 Å². The quantitative estimate of drug-likeness (QED) is 0.232. The van der Waals surface area contributed by atoms with Gasteiger partial charge in [0.1, 0.15) is 11.5 Å². The number of hydrogen-bond donors (Lipinski definition) is 3. The van der Waals surface area contributed by atoms with E-state index in [2.05, 4.69) is 10.1 Å². The van der Waals surface area contributed by atoms with Crippen molar-refractivity contribution in [2.24, 2.45) is 11.1 Å². The molecule has 0 unspecified atom stereocenters. The number of likely N-dealkylation sites (tertiary alicyclic amines) is 1. The zero-order valence-electron chi connectivity index (χ0n) is 19.6. The Labute approximate surface area is 207 Å². The van der Waals surface area contributed by atoms with Crippen LogP contribution < -0.4 is 0 Å². The summed E-state index contributed by atoms with van der Waals surface area (Å²) >= 11 is 0. The lowest BCUT2D eigenvalue weighted by atomic mass is 9.95. The fraction of sp³-hybridized carbons (Fsp3) is 0.308. The number of carbonyl (C=O) groups excluding carboxylic acids is 1. The van der Waals surface area contributed by atoms with Crippen molar-refractivity contribution in [1.29, 1.82) is 0 Å². The highest BCUT2D eigenvalue weighted by molar-refractivity contribution is 6.01. The van der Waals surface area contributed by atoms with E-state index in [-0.39, 0.29) is 11.7 Å². The van der Waals surface area contributed by atoms with Gasteiger partial charge in [0.2, 0.25) is 0 Å². The number of aliphatic carboxylic acids is 2. The van der Waals surface area contributed by atoms with Crippen molar-refractivity contribution >= 4 is 23.6 Å². The summed E-state index contributed by atoms with van der Waals surface area (Å²) < 4.78 is 13.1. The SMILES string of the molecule is O=C(O)/C=C/C(=O)O.O=C1c2ccccc2CN1CC1CCN(C/C(=N\O)c2ccc(F)cc2)CC1. The average molecular weight is 498 g/mol. The van der Waals surface area contributed by atoms with E-state index in [9.17, 15) is 24.0 Å². The molecule has 1 fully saturated rings. The minimum atomic E-state index is -1.26. The van der Waals surface area contributed by atoms with Crippen LogP contribution in [0.25, 0.3) is 0 Å². The maximum Gasteiger partial charge on any atom is 0.328 e. The minimum absolute atomic E-state index is 0.143. The molecule has 2 aromatic carbocycles. The highest BCUT2D eigenvalue weighted by Crippen LogP contribution is 2.26. The number of carboxylic acids is 2. The Balaban J connectivity index is 0.000000392. The third-order valence-electron chi connectivity index (χ3n) is 6.12. The van der Waals surface area contributed by atoms with Crippen LogP contribution in [0.1, 0.15) is 34.3 Å². The van der Waals surface area contributed by atoms with E-state index >= 15 is 0 Å². The minimum Gasteiger partial charge on any atom is -0.478 e. The molecule has 36 heavy (non-hydrogen) atoms. The fourth-order valence-corrected chi connectivity index (χ4v) is 4.28. The summed E-state index contributed by atoms with van der Waals surface area (Å²) in [6, 6.07) is 13.8. The number of hydrogen-bond acceptors (Lipinski definition) is 6. The summed E-state index contributed by atoms with van der Waals surface area (Å²) in [6.45, 7) is 3.81. The monoisotopic (exact) mass is 497 g/mol. The van der Waals surface area contributed by atoms with Crippen LogP contribution in [-0.2, 0) is 16.1 Å². The van der Waals surface area contributed by atoms with Gasteiger partial charge in [-0.15, -0.1) is 0 Å². The molecule has 0 radical (unpaired) electrons. The van der Waals surface area contributed by atoms with E-state index in [1.54, 1.807) is 12.1 Å². The van der Waals surface area contributed by atoms with Gasteiger partial charge in [-0.2, -0.15) is 0 Å². The van der Waals surface area contributed by atoms with Crippen LogP contribution in [0.5, 0.6) is 0 Å². The van der Waals surface area contributed by atoms with E-state index in [0.29, 0.717) is 36.9 Å². The lowest BCUT2D eigenvalue weighted by Crippen LogP contribution is -2.41. The van der Waals surface area contributed by atoms with Crippen molar-refractivity contribution in [3.63, 3.8) is 0 Å². The standard InChI is InChI=1S/C22H24FN3O2.C4H4O4/c23-19-7-5-17(6-8-19)21(24-28)15-25-11-9-16(10-12-25)13-26-14-18-3-1-2-4-20(18)22(26)27;5-3(6)1-2-4(7)8/h1-8,16,28H,9-15H2;1-2H,(H,5,6)(H,7,8)/b24-21+;2-1+. The summed E-state index contributed by atoms with van der Waals surface area (Å²) in [4.78, 5) is 35.9. The second kappa shape index (κ2) is 12.6. The second-order valence-electron chi connectivity index (χ2n) is 8.63. The average Bonchev–Trinajstić information content (AvgIpc) is 3.18. The van der Waals surface area contributed by atoms with Crippen molar-refractivity contribution in [2.75, 3.05) is 26.2 Å². The lowest BCUT2D eigenvalue weighted by molar-refractivity contribution is -0.134. The molecular weight excluding hydrogens is 469 g/mol. The molecule has 0 aliphatic carbocycles. The van der Waals surface area contributed by atoms with E-state index in [1.807, 2.05) is 29.2 Å². The lowest BCUT2D eigenvalue weighted by Gasteiger charge is -2.33. The number of rotatable bonds is 7. The molecule has 3 N–H and O–H groups in total. The summed E-state index contributed by atoms with van der Waals surface area (Å²) in [5.41, 5.74) is 3.23. The number of fused-ring (bicyclic) bond motifs is 1. The van der Waals surface area contributed by atoms with Gasteiger partial charge in [-0.3, -0.25) is 9.69 Å². The number of carboxylic acid groups (broad SMARTS) is 2. The Morgan fingerprint density at radius 1 is 1.00 bits per heavy atom. The van der Waals surface area contributed by atoms with Gasteiger partial charge in [0.05, 0.1) is 0 Å². The number of benzene rings is 2. The molecule has 2 heterocycles. The van der Waals surface area contributed by atoms with Gasteiger partial charge in [0, 0.05) is 42.9 Å².